The summed E-state index contributed by atoms with van der Waals surface area (Å²) in [6.45, 7) is 5.74. The Balaban J connectivity index is 1.63. The molecule has 0 aliphatic carbocycles. The van der Waals surface area contributed by atoms with E-state index in [2.05, 4.69) is 40.3 Å². The van der Waals surface area contributed by atoms with Crippen LogP contribution >= 0.6 is 0 Å². The molecule has 1 atom stereocenters. The topological polar surface area (TPSA) is 31.4 Å². The second-order valence-corrected chi connectivity index (χ2v) is 5.62. The van der Waals surface area contributed by atoms with Gasteiger partial charge in [0.05, 0.1) is 0 Å². The van der Waals surface area contributed by atoms with E-state index in [9.17, 15) is 0 Å². The minimum Gasteiger partial charge on any atom is -0.311 e. The van der Waals surface area contributed by atoms with Crippen molar-refractivity contribution in [3.8, 4) is 0 Å². The summed E-state index contributed by atoms with van der Waals surface area (Å²) >= 11 is 0. The van der Waals surface area contributed by atoms with Crippen molar-refractivity contribution in [3.63, 3.8) is 0 Å². The smallest absolute Gasteiger partial charge is 0.0300 e. The summed E-state index contributed by atoms with van der Waals surface area (Å²) in [7, 11) is 4.42. The van der Waals surface area contributed by atoms with Gasteiger partial charge in [0, 0.05) is 44.6 Å². The van der Waals surface area contributed by atoms with Crippen LogP contribution in [0.2, 0.25) is 0 Å². The molecule has 1 aromatic heterocycles. The third-order valence-corrected chi connectivity index (χ3v) is 3.82. The maximum absolute atomic E-state index is 4.16. The van der Waals surface area contributed by atoms with Crippen LogP contribution in [0.3, 0.4) is 0 Å². The summed E-state index contributed by atoms with van der Waals surface area (Å²) in [5.74, 6) is 0. The van der Waals surface area contributed by atoms with Crippen LogP contribution in [0.1, 0.15) is 12.0 Å². The zero-order valence-electron chi connectivity index (χ0n) is 12.2. The fourth-order valence-electron chi connectivity index (χ4n) is 2.54. The van der Waals surface area contributed by atoms with E-state index in [1.807, 2.05) is 18.5 Å². The van der Waals surface area contributed by atoms with Gasteiger partial charge in [0.25, 0.3) is 0 Å². The Hall–Kier alpha value is -0.970. The lowest BCUT2D eigenvalue weighted by Crippen LogP contribution is -2.49. The Morgan fingerprint density at radius 1 is 1.47 bits per heavy atom. The molecule has 1 aliphatic heterocycles. The molecule has 2 rings (SSSR count). The second kappa shape index (κ2) is 7.58. The Morgan fingerprint density at radius 2 is 2.37 bits per heavy atom. The molecule has 0 saturated carbocycles. The SMILES string of the molecule is CN(CCc1cccnc1)CCC1CN(C)CCN1. The average Bonchev–Trinajstić information content (AvgIpc) is 2.44. The van der Waals surface area contributed by atoms with E-state index >= 15 is 0 Å². The van der Waals surface area contributed by atoms with Crippen molar-refractivity contribution in [2.75, 3.05) is 46.8 Å². The van der Waals surface area contributed by atoms with E-state index in [-0.39, 0.29) is 0 Å². The molecule has 0 aromatic carbocycles. The van der Waals surface area contributed by atoms with Gasteiger partial charge < -0.3 is 15.1 Å². The first-order valence-corrected chi connectivity index (χ1v) is 7.23. The molecular weight excluding hydrogens is 236 g/mol. The number of hydrogen-bond donors (Lipinski definition) is 1. The summed E-state index contributed by atoms with van der Waals surface area (Å²) in [4.78, 5) is 8.99. The largest absolute Gasteiger partial charge is 0.311 e. The van der Waals surface area contributed by atoms with E-state index in [4.69, 9.17) is 0 Å². The van der Waals surface area contributed by atoms with Crippen LogP contribution < -0.4 is 5.32 Å². The lowest BCUT2D eigenvalue weighted by atomic mass is 10.1. The molecule has 0 bridgehead atoms. The fourth-order valence-corrected chi connectivity index (χ4v) is 2.54. The average molecular weight is 262 g/mol. The Kier molecular flexibility index (Phi) is 5.76. The van der Waals surface area contributed by atoms with Gasteiger partial charge in [-0.3, -0.25) is 4.98 Å². The first-order valence-electron chi connectivity index (χ1n) is 7.23. The van der Waals surface area contributed by atoms with Crippen molar-refractivity contribution in [1.29, 1.82) is 0 Å². The standard InChI is InChI=1S/C15H26N4/c1-18(9-5-14-4-3-7-16-12-14)10-6-15-13-19(2)11-8-17-15/h3-4,7,12,15,17H,5-6,8-11,13H2,1-2H3. The molecule has 19 heavy (non-hydrogen) atoms. The summed E-state index contributed by atoms with van der Waals surface area (Å²) < 4.78 is 0. The van der Waals surface area contributed by atoms with E-state index < -0.39 is 0 Å². The number of nitrogens with zero attached hydrogens (tertiary/aromatic N) is 3. The number of aromatic nitrogens is 1. The van der Waals surface area contributed by atoms with Gasteiger partial charge in [-0.15, -0.1) is 0 Å². The van der Waals surface area contributed by atoms with Gasteiger partial charge >= 0.3 is 0 Å². The summed E-state index contributed by atoms with van der Waals surface area (Å²) in [5, 5.41) is 3.60. The van der Waals surface area contributed by atoms with Gasteiger partial charge in [0.2, 0.25) is 0 Å². The minimum absolute atomic E-state index is 0.652. The van der Waals surface area contributed by atoms with Crippen molar-refractivity contribution >= 4 is 0 Å². The highest BCUT2D eigenvalue weighted by Gasteiger charge is 2.16. The molecule has 0 radical (unpaired) electrons. The lowest BCUT2D eigenvalue weighted by molar-refractivity contribution is 0.214. The molecule has 1 N–H and O–H groups in total. The second-order valence-electron chi connectivity index (χ2n) is 5.62. The van der Waals surface area contributed by atoms with Crippen molar-refractivity contribution < 1.29 is 0 Å². The predicted octanol–water partition coefficient (Wildman–Crippen LogP) is 0.850. The van der Waals surface area contributed by atoms with Gasteiger partial charge in [-0.1, -0.05) is 6.07 Å². The number of nitrogens with one attached hydrogen (secondary N) is 1. The molecule has 4 nitrogen and oxygen atoms in total. The third-order valence-electron chi connectivity index (χ3n) is 3.82. The normalized spacial score (nSPS) is 20.9. The van der Waals surface area contributed by atoms with Crippen LogP contribution in [0.15, 0.2) is 24.5 Å². The zero-order valence-corrected chi connectivity index (χ0v) is 12.2. The van der Waals surface area contributed by atoms with E-state index in [1.165, 1.54) is 25.1 Å². The summed E-state index contributed by atoms with van der Waals surface area (Å²) in [6.07, 6.45) is 6.11. The number of hydrogen-bond acceptors (Lipinski definition) is 4. The molecule has 1 aromatic rings. The Labute approximate surface area is 116 Å². The van der Waals surface area contributed by atoms with Crippen molar-refractivity contribution in [2.45, 2.75) is 18.9 Å². The maximum atomic E-state index is 4.16. The quantitative estimate of drug-likeness (QED) is 0.823. The van der Waals surface area contributed by atoms with Gasteiger partial charge in [-0.25, -0.2) is 0 Å². The highest BCUT2D eigenvalue weighted by atomic mass is 15.2. The molecule has 0 amide bonds. The minimum atomic E-state index is 0.652. The molecule has 106 valence electrons. The zero-order chi connectivity index (χ0) is 13.5. The van der Waals surface area contributed by atoms with Crippen LogP contribution in [0.4, 0.5) is 0 Å². The highest BCUT2D eigenvalue weighted by Crippen LogP contribution is 2.03. The van der Waals surface area contributed by atoms with Crippen LogP contribution in [-0.2, 0) is 6.42 Å². The molecule has 1 saturated heterocycles. The molecular formula is C15H26N4. The molecule has 1 fully saturated rings. The third kappa shape index (κ3) is 5.27. The molecule has 2 heterocycles. The van der Waals surface area contributed by atoms with Crippen LogP contribution in [0.25, 0.3) is 0 Å². The molecule has 0 spiro atoms. The summed E-state index contributed by atoms with van der Waals surface area (Å²) in [6, 6.07) is 4.81. The Bertz CT molecular complexity index is 354. The van der Waals surface area contributed by atoms with E-state index in [1.54, 1.807) is 0 Å². The number of pyridine rings is 1. The van der Waals surface area contributed by atoms with Crippen molar-refractivity contribution in [2.24, 2.45) is 0 Å². The van der Waals surface area contributed by atoms with Crippen molar-refractivity contribution in [3.05, 3.63) is 30.1 Å². The number of piperazine rings is 1. The Morgan fingerprint density at radius 3 is 3.11 bits per heavy atom. The molecule has 1 unspecified atom stereocenters. The fraction of sp³-hybridized carbons (Fsp3) is 0.667. The van der Waals surface area contributed by atoms with Gasteiger partial charge in [-0.2, -0.15) is 0 Å². The van der Waals surface area contributed by atoms with Gasteiger partial charge in [0.15, 0.2) is 0 Å². The van der Waals surface area contributed by atoms with Crippen molar-refractivity contribution in [1.82, 2.24) is 20.1 Å². The highest BCUT2D eigenvalue weighted by molar-refractivity contribution is 5.08. The van der Waals surface area contributed by atoms with E-state index in [0.29, 0.717) is 6.04 Å². The van der Waals surface area contributed by atoms with Crippen LogP contribution in [0.5, 0.6) is 0 Å². The van der Waals surface area contributed by atoms with Gasteiger partial charge in [0.1, 0.15) is 0 Å². The molecule has 1 aliphatic rings. The number of rotatable bonds is 6. The first kappa shape index (κ1) is 14.4. The van der Waals surface area contributed by atoms with Crippen LogP contribution in [-0.4, -0.2) is 67.6 Å². The predicted molar refractivity (Wildman–Crippen MR) is 79.3 cm³/mol. The maximum Gasteiger partial charge on any atom is 0.0300 e. The first-order chi connectivity index (χ1) is 9.24. The molecule has 4 heteroatoms. The summed E-state index contributed by atoms with van der Waals surface area (Å²) in [5.41, 5.74) is 1.32. The van der Waals surface area contributed by atoms with Crippen LogP contribution in [0, 0.1) is 0 Å². The van der Waals surface area contributed by atoms with E-state index in [0.717, 1.165) is 26.1 Å². The monoisotopic (exact) mass is 262 g/mol. The van der Waals surface area contributed by atoms with Gasteiger partial charge in [-0.05, 0) is 45.1 Å². The lowest BCUT2D eigenvalue weighted by Gasteiger charge is -2.32. The number of likely N-dealkylation sites (N-methyl/N-ethyl adjacent to an activating group) is 2.